The molecule has 10 heteroatoms. The highest BCUT2D eigenvalue weighted by molar-refractivity contribution is 5.98. The number of methoxy groups -OCH3 is 1. The molecule has 1 aromatic carbocycles. The van der Waals surface area contributed by atoms with Crippen molar-refractivity contribution in [2.24, 2.45) is 0 Å². The van der Waals surface area contributed by atoms with Gasteiger partial charge < -0.3 is 14.8 Å². The SMILES string of the molecule is COc1ccc([N+](=O)[O-])cc1NC(=O)C(C)OC(=O)c1cnc(C)cn1. The summed E-state index contributed by atoms with van der Waals surface area (Å²) < 4.78 is 10.1. The van der Waals surface area contributed by atoms with Crippen molar-refractivity contribution in [2.45, 2.75) is 20.0 Å². The summed E-state index contributed by atoms with van der Waals surface area (Å²) in [7, 11) is 1.36. The molecule has 0 aliphatic rings. The molecule has 0 saturated heterocycles. The summed E-state index contributed by atoms with van der Waals surface area (Å²) in [6.45, 7) is 3.07. The summed E-state index contributed by atoms with van der Waals surface area (Å²) in [6.07, 6.45) is 1.47. The fourth-order valence-corrected chi connectivity index (χ4v) is 1.91. The fraction of sp³-hybridized carbons (Fsp3) is 0.250. The quantitative estimate of drug-likeness (QED) is 0.469. The Labute approximate surface area is 148 Å². The number of non-ortho nitro benzene ring substituents is 1. The molecular formula is C16H16N4O6. The molecule has 136 valence electrons. The molecule has 0 aliphatic heterocycles. The summed E-state index contributed by atoms with van der Waals surface area (Å²) in [5.41, 5.74) is 0.457. The Morgan fingerprint density at radius 1 is 1.27 bits per heavy atom. The summed E-state index contributed by atoms with van der Waals surface area (Å²) in [6, 6.07) is 3.75. The third kappa shape index (κ3) is 4.50. The van der Waals surface area contributed by atoms with Crippen LogP contribution in [0.1, 0.15) is 23.1 Å². The molecule has 0 bridgehead atoms. The zero-order valence-electron chi connectivity index (χ0n) is 14.3. The van der Waals surface area contributed by atoms with Crippen LogP contribution in [0.15, 0.2) is 30.6 Å². The maximum atomic E-state index is 12.2. The molecule has 26 heavy (non-hydrogen) atoms. The highest BCUT2D eigenvalue weighted by atomic mass is 16.6. The molecule has 1 amide bonds. The first-order chi connectivity index (χ1) is 12.3. The van der Waals surface area contributed by atoms with Gasteiger partial charge in [0.05, 0.1) is 29.6 Å². The van der Waals surface area contributed by atoms with E-state index in [1.165, 1.54) is 38.6 Å². The smallest absolute Gasteiger partial charge is 0.359 e. The van der Waals surface area contributed by atoms with Gasteiger partial charge in [0.15, 0.2) is 11.8 Å². The van der Waals surface area contributed by atoms with Crippen molar-refractivity contribution in [2.75, 3.05) is 12.4 Å². The molecule has 0 aliphatic carbocycles. The number of aryl methyl sites for hydroxylation is 1. The second-order valence-corrected chi connectivity index (χ2v) is 5.22. The normalized spacial score (nSPS) is 11.3. The number of carbonyl (C=O) groups excluding carboxylic acids is 2. The maximum absolute atomic E-state index is 12.2. The largest absolute Gasteiger partial charge is 0.495 e. The Bertz CT molecular complexity index is 837. The average Bonchev–Trinajstić information content (AvgIpc) is 2.61. The van der Waals surface area contributed by atoms with Crippen molar-refractivity contribution in [3.8, 4) is 5.75 Å². The van der Waals surface area contributed by atoms with Gasteiger partial charge in [0.1, 0.15) is 5.75 Å². The molecule has 2 rings (SSSR count). The first-order valence-corrected chi connectivity index (χ1v) is 7.44. The summed E-state index contributed by atoms with van der Waals surface area (Å²) in [5.74, 6) is -1.27. The molecule has 0 saturated carbocycles. The van der Waals surface area contributed by atoms with Gasteiger partial charge in [0.2, 0.25) is 0 Å². The van der Waals surface area contributed by atoms with Gasteiger partial charge >= 0.3 is 5.97 Å². The van der Waals surface area contributed by atoms with Crippen molar-refractivity contribution < 1.29 is 24.0 Å². The van der Waals surface area contributed by atoms with Gasteiger partial charge in [-0.25, -0.2) is 9.78 Å². The van der Waals surface area contributed by atoms with Crippen molar-refractivity contribution in [1.82, 2.24) is 9.97 Å². The molecular weight excluding hydrogens is 344 g/mol. The van der Waals surface area contributed by atoms with Gasteiger partial charge in [-0.2, -0.15) is 0 Å². The van der Waals surface area contributed by atoms with Crippen LogP contribution in [0.4, 0.5) is 11.4 Å². The Hall–Kier alpha value is -3.56. The van der Waals surface area contributed by atoms with Gasteiger partial charge in [-0.05, 0) is 19.9 Å². The zero-order chi connectivity index (χ0) is 19.3. The Balaban J connectivity index is 2.09. The van der Waals surface area contributed by atoms with Gasteiger partial charge in [0, 0.05) is 18.3 Å². The summed E-state index contributed by atoms with van der Waals surface area (Å²) in [4.78, 5) is 42.3. The van der Waals surface area contributed by atoms with Crippen LogP contribution in [-0.2, 0) is 9.53 Å². The predicted octanol–water partition coefficient (Wildman–Crippen LogP) is 1.89. The zero-order valence-corrected chi connectivity index (χ0v) is 14.3. The van der Waals surface area contributed by atoms with Crippen LogP contribution in [0.3, 0.4) is 0 Å². The molecule has 2 aromatic rings. The lowest BCUT2D eigenvalue weighted by Gasteiger charge is -2.14. The van der Waals surface area contributed by atoms with E-state index in [4.69, 9.17) is 9.47 Å². The van der Waals surface area contributed by atoms with Gasteiger partial charge in [-0.1, -0.05) is 0 Å². The predicted molar refractivity (Wildman–Crippen MR) is 89.9 cm³/mol. The number of anilines is 1. The van der Waals surface area contributed by atoms with Gasteiger partial charge in [-0.15, -0.1) is 0 Å². The number of nitro benzene ring substituents is 1. The maximum Gasteiger partial charge on any atom is 0.359 e. The van der Waals surface area contributed by atoms with E-state index in [-0.39, 0.29) is 22.8 Å². The average molecular weight is 360 g/mol. The monoisotopic (exact) mass is 360 g/mol. The van der Waals surface area contributed by atoms with Crippen LogP contribution >= 0.6 is 0 Å². The summed E-state index contributed by atoms with van der Waals surface area (Å²) >= 11 is 0. The number of esters is 1. The van der Waals surface area contributed by atoms with Crippen molar-refractivity contribution >= 4 is 23.3 Å². The number of rotatable bonds is 6. The number of nitrogens with zero attached hydrogens (tertiary/aromatic N) is 3. The minimum atomic E-state index is -1.17. The second kappa shape index (κ2) is 8.01. The summed E-state index contributed by atoms with van der Waals surface area (Å²) in [5, 5.41) is 13.3. The molecule has 1 N–H and O–H groups in total. The van der Waals surface area contributed by atoms with E-state index in [0.717, 1.165) is 6.07 Å². The van der Waals surface area contributed by atoms with Crippen LogP contribution in [0.25, 0.3) is 0 Å². The van der Waals surface area contributed by atoms with E-state index in [1.807, 2.05) is 0 Å². The van der Waals surface area contributed by atoms with Crippen LogP contribution < -0.4 is 10.1 Å². The molecule has 0 radical (unpaired) electrons. The lowest BCUT2D eigenvalue weighted by atomic mass is 10.2. The number of nitrogens with one attached hydrogen (secondary N) is 1. The van der Waals surface area contributed by atoms with E-state index >= 15 is 0 Å². The Morgan fingerprint density at radius 3 is 2.58 bits per heavy atom. The highest BCUT2D eigenvalue weighted by Gasteiger charge is 2.22. The van der Waals surface area contributed by atoms with E-state index in [2.05, 4.69) is 15.3 Å². The molecule has 1 heterocycles. The van der Waals surface area contributed by atoms with E-state index in [1.54, 1.807) is 6.92 Å². The van der Waals surface area contributed by atoms with E-state index in [9.17, 15) is 19.7 Å². The number of amides is 1. The van der Waals surface area contributed by atoms with Crippen LogP contribution in [0.5, 0.6) is 5.75 Å². The Kier molecular flexibility index (Phi) is 5.78. The minimum Gasteiger partial charge on any atom is -0.495 e. The van der Waals surface area contributed by atoms with Gasteiger partial charge in [0.25, 0.3) is 11.6 Å². The molecule has 0 fully saturated rings. The van der Waals surface area contributed by atoms with Crippen molar-refractivity contribution in [1.29, 1.82) is 0 Å². The van der Waals surface area contributed by atoms with E-state index in [0.29, 0.717) is 5.69 Å². The second-order valence-electron chi connectivity index (χ2n) is 5.22. The van der Waals surface area contributed by atoms with E-state index < -0.39 is 22.9 Å². The number of aromatic nitrogens is 2. The Morgan fingerprint density at radius 2 is 2.00 bits per heavy atom. The van der Waals surface area contributed by atoms with Crippen molar-refractivity contribution in [3.63, 3.8) is 0 Å². The lowest BCUT2D eigenvalue weighted by Crippen LogP contribution is -2.30. The first-order valence-electron chi connectivity index (χ1n) is 7.44. The topological polar surface area (TPSA) is 134 Å². The third-order valence-electron chi connectivity index (χ3n) is 3.29. The molecule has 10 nitrogen and oxygen atoms in total. The number of hydrogen-bond donors (Lipinski definition) is 1. The third-order valence-corrected chi connectivity index (χ3v) is 3.29. The van der Waals surface area contributed by atoms with Crippen molar-refractivity contribution in [3.05, 3.63) is 52.1 Å². The number of carbonyl (C=O) groups is 2. The number of ether oxygens (including phenoxy) is 2. The highest BCUT2D eigenvalue weighted by Crippen LogP contribution is 2.29. The molecule has 0 spiro atoms. The van der Waals surface area contributed by atoms with Crippen LogP contribution in [0, 0.1) is 17.0 Å². The lowest BCUT2D eigenvalue weighted by molar-refractivity contribution is -0.384. The van der Waals surface area contributed by atoms with Gasteiger partial charge in [-0.3, -0.25) is 19.9 Å². The minimum absolute atomic E-state index is 0.0387. The molecule has 1 aromatic heterocycles. The molecule has 1 unspecified atom stereocenters. The number of benzene rings is 1. The number of nitro groups is 1. The fourth-order valence-electron chi connectivity index (χ4n) is 1.91. The standard InChI is InChI=1S/C16H16N4O6/c1-9-7-18-13(8-17-9)16(22)26-10(2)15(21)19-12-6-11(20(23)24)4-5-14(12)25-3/h4-8,10H,1-3H3,(H,19,21). The van der Waals surface area contributed by atoms with Crippen LogP contribution in [0.2, 0.25) is 0 Å². The first kappa shape index (κ1) is 18.8. The van der Waals surface area contributed by atoms with Crippen LogP contribution in [-0.4, -0.2) is 40.0 Å². The number of hydrogen-bond acceptors (Lipinski definition) is 8. The molecule has 1 atom stereocenters.